The van der Waals surface area contributed by atoms with Crippen LogP contribution in [0.3, 0.4) is 0 Å². The minimum Gasteiger partial charge on any atom is -0.330 e. The molecule has 3 rings (SSSR count). The lowest BCUT2D eigenvalue weighted by Gasteiger charge is -2.22. The van der Waals surface area contributed by atoms with Crippen LogP contribution in [0.25, 0.3) is 0 Å². The summed E-state index contributed by atoms with van der Waals surface area (Å²) in [7, 11) is 0. The van der Waals surface area contributed by atoms with E-state index in [-0.39, 0.29) is 0 Å². The predicted octanol–water partition coefficient (Wildman–Crippen LogP) is 1.90. The Kier molecular flexibility index (Phi) is 3.57. The van der Waals surface area contributed by atoms with E-state index in [9.17, 15) is 0 Å². The molecule has 1 unspecified atom stereocenters. The third kappa shape index (κ3) is 2.82. The summed E-state index contributed by atoms with van der Waals surface area (Å²) >= 11 is 1.68. The van der Waals surface area contributed by atoms with Crippen LogP contribution in [0.4, 0.5) is 0 Å². The van der Waals surface area contributed by atoms with Gasteiger partial charge in [-0.15, -0.1) is 11.3 Å². The van der Waals surface area contributed by atoms with Crippen LogP contribution in [0.15, 0.2) is 11.6 Å². The van der Waals surface area contributed by atoms with Crippen molar-refractivity contribution in [1.82, 2.24) is 15.0 Å². The van der Waals surface area contributed by atoms with Crippen LogP contribution in [0, 0.1) is 12.8 Å². The maximum Gasteiger partial charge on any atom is 0.134 e. The van der Waals surface area contributed by atoms with Gasteiger partial charge in [-0.05, 0) is 44.2 Å². The third-order valence-electron chi connectivity index (χ3n) is 3.64. The standard InChI is InChI=1S/C14H18N4S/c1-9-17-12(8-19-9)5-14-16-7-11-4-10(6-15)2-3-13(11)18-14/h7-8,10H,2-6,15H2,1H3. The zero-order valence-electron chi connectivity index (χ0n) is 11.1. The van der Waals surface area contributed by atoms with Crippen LogP contribution >= 0.6 is 11.3 Å². The number of hydrogen-bond acceptors (Lipinski definition) is 5. The second kappa shape index (κ2) is 5.35. The fraction of sp³-hybridized carbons (Fsp3) is 0.500. The number of rotatable bonds is 3. The molecule has 0 amide bonds. The number of aryl methyl sites for hydroxylation is 2. The Hall–Kier alpha value is -1.33. The fourth-order valence-corrected chi connectivity index (χ4v) is 3.17. The molecular weight excluding hydrogens is 256 g/mol. The molecule has 2 aromatic rings. The number of nitrogens with two attached hydrogens (primary N) is 1. The first kappa shape index (κ1) is 12.7. The van der Waals surface area contributed by atoms with Crippen molar-refractivity contribution in [3.63, 3.8) is 0 Å². The Morgan fingerprint density at radius 2 is 2.32 bits per heavy atom. The van der Waals surface area contributed by atoms with Crippen molar-refractivity contribution in [2.75, 3.05) is 6.54 Å². The van der Waals surface area contributed by atoms with Crippen molar-refractivity contribution in [2.45, 2.75) is 32.6 Å². The van der Waals surface area contributed by atoms with Gasteiger partial charge in [0.25, 0.3) is 0 Å². The van der Waals surface area contributed by atoms with Crippen molar-refractivity contribution in [3.8, 4) is 0 Å². The van der Waals surface area contributed by atoms with Crippen molar-refractivity contribution in [3.05, 3.63) is 39.4 Å². The minimum absolute atomic E-state index is 0.600. The molecule has 4 nitrogen and oxygen atoms in total. The summed E-state index contributed by atoms with van der Waals surface area (Å²) in [6.07, 6.45) is 5.93. The first-order valence-electron chi connectivity index (χ1n) is 6.69. The molecule has 0 fully saturated rings. The van der Waals surface area contributed by atoms with E-state index in [1.807, 2.05) is 13.1 Å². The zero-order chi connectivity index (χ0) is 13.2. The Balaban J connectivity index is 1.78. The lowest BCUT2D eigenvalue weighted by atomic mass is 9.87. The number of fused-ring (bicyclic) bond motifs is 1. The van der Waals surface area contributed by atoms with Gasteiger partial charge in [0.2, 0.25) is 0 Å². The highest BCUT2D eigenvalue weighted by Crippen LogP contribution is 2.23. The van der Waals surface area contributed by atoms with Crippen LogP contribution in [-0.4, -0.2) is 21.5 Å². The summed E-state index contributed by atoms with van der Waals surface area (Å²) in [5.74, 6) is 1.48. The van der Waals surface area contributed by atoms with E-state index in [4.69, 9.17) is 10.7 Å². The molecule has 0 aliphatic heterocycles. The first-order chi connectivity index (χ1) is 9.24. The molecule has 2 heterocycles. The van der Waals surface area contributed by atoms with E-state index in [0.717, 1.165) is 48.8 Å². The van der Waals surface area contributed by atoms with E-state index < -0.39 is 0 Å². The average Bonchev–Trinajstić information content (AvgIpc) is 2.83. The third-order valence-corrected chi connectivity index (χ3v) is 4.46. The molecule has 0 spiro atoms. The Morgan fingerprint density at radius 1 is 1.42 bits per heavy atom. The maximum absolute atomic E-state index is 5.75. The number of aromatic nitrogens is 3. The molecule has 0 radical (unpaired) electrons. The van der Waals surface area contributed by atoms with Crippen LogP contribution in [0.5, 0.6) is 0 Å². The Labute approximate surface area is 117 Å². The average molecular weight is 274 g/mol. The summed E-state index contributed by atoms with van der Waals surface area (Å²) in [6.45, 7) is 2.79. The summed E-state index contributed by atoms with van der Waals surface area (Å²) in [4.78, 5) is 13.6. The van der Waals surface area contributed by atoms with Crippen LogP contribution in [0.2, 0.25) is 0 Å². The van der Waals surface area contributed by atoms with E-state index >= 15 is 0 Å². The normalized spacial score (nSPS) is 18.3. The van der Waals surface area contributed by atoms with Gasteiger partial charge in [0.1, 0.15) is 5.82 Å². The molecule has 100 valence electrons. The molecule has 5 heteroatoms. The number of thiazole rings is 1. The molecular formula is C14H18N4S. The van der Waals surface area contributed by atoms with Crippen LogP contribution in [-0.2, 0) is 19.3 Å². The first-order valence-corrected chi connectivity index (χ1v) is 7.57. The SMILES string of the molecule is Cc1nc(Cc2ncc3c(n2)CCC(CN)C3)cs1. The second-order valence-corrected chi connectivity index (χ2v) is 6.20. The summed E-state index contributed by atoms with van der Waals surface area (Å²) in [5, 5.41) is 3.18. The summed E-state index contributed by atoms with van der Waals surface area (Å²) in [5.41, 5.74) is 9.30. The second-order valence-electron chi connectivity index (χ2n) is 5.14. The number of nitrogens with zero attached hydrogens (tertiary/aromatic N) is 3. The fourth-order valence-electron chi connectivity index (χ4n) is 2.56. The lowest BCUT2D eigenvalue weighted by molar-refractivity contribution is 0.460. The van der Waals surface area contributed by atoms with Crippen molar-refractivity contribution >= 4 is 11.3 Å². The van der Waals surface area contributed by atoms with E-state index in [0.29, 0.717) is 5.92 Å². The van der Waals surface area contributed by atoms with Gasteiger partial charge in [-0.2, -0.15) is 0 Å². The molecule has 1 atom stereocenters. The van der Waals surface area contributed by atoms with Crippen molar-refractivity contribution in [1.29, 1.82) is 0 Å². The van der Waals surface area contributed by atoms with E-state index in [2.05, 4.69) is 15.3 Å². The van der Waals surface area contributed by atoms with Gasteiger partial charge < -0.3 is 5.73 Å². The maximum atomic E-state index is 5.75. The topological polar surface area (TPSA) is 64.7 Å². The van der Waals surface area contributed by atoms with Crippen LogP contribution < -0.4 is 5.73 Å². The lowest BCUT2D eigenvalue weighted by Crippen LogP contribution is -2.23. The molecule has 0 saturated heterocycles. The zero-order valence-corrected chi connectivity index (χ0v) is 11.9. The number of hydrogen-bond donors (Lipinski definition) is 1. The quantitative estimate of drug-likeness (QED) is 0.928. The molecule has 0 aromatic carbocycles. The smallest absolute Gasteiger partial charge is 0.134 e. The van der Waals surface area contributed by atoms with E-state index in [1.165, 1.54) is 11.3 Å². The largest absolute Gasteiger partial charge is 0.330 e. The van der Waals surface area contributed by atoms with Gasteiger partial charge >= 0.3 is 0 Å². The summed E-state index contributed by atoms with van der Waals surface area (Å²) < 4.78 is 0. The summed E-state index contributed by atoms with van der Waals surface area (Å²) in [6, 6.07) is 0. The minimum atomic E-state index is 0.600. The molecule has 0 bridgehead atoms. The van der Waals surface area contributed by atoms with Gasteiger partial charge in [0.15, 0.2) is 0 Å². The highest BCUT2D eigenvalue weighted by atomic mass is 32.1. The molecule has 2 N–H and O–H groups in total. The molecule has 1 aliphatic rings. The predicted molar refractivity (Wildman–Crippen MR) is 76.3 cm³/mol. The van der Waals surface area contributed by atoms with Gasteiger partial charge in [0, 0.05) is 17.3 Å². The van der Waals surface area contributed by atoms with Gasteiger partial charge in [-0.3, -0.25) is 0 Å². The van der Waals surface area contributed by atoms with Gasteiger partial charge in [0.05, 0.1) is 17.1 Å². The molecule has 2 aromatic heterocycles. The van der Waals surface area contributed by atoms with Gasteiger partial charge in [-0.1, -0.05) is 0 Å². The highest BCUT2D eigenvalue weighted by molar-refractivity contribution is 7.09. The molecule has 0 saturated carbocycles. The van der Waals surface area contributed by atoms with Gasteiger partial charge in [-0.25, -0.2) is 15.0 Å². The highest BCUT2D eigenvalue weighted by Gasteiger charge is 2.19. The molecule has 19 heavy (non-hydrogen) atoms. The van der Waals surface area contributed by atoms with E-state index in [1.54, 1.807) is 11.3 Å². The van der Waals surface area contributed by atoms with Crippen molar-refractivity contribution in [2.24, 2.45) is 11.7 Å². The monoisotopic (exact) mass is 274 g/mol. The Bertz CT molecular complexity index is 579. The van der Waals surface area contributed by atoms with Crippen LogP contribution in [0.1, 0.15) is 34.2 Å². The molecule has 1 aliphatic carbocycles. The van der Waals surface area contributed by atoms with Crippen molar-refractivity contribution < 1.29 is 0 Å². The Morgan fingerprint density at radius 3 is 3.05 bits per heavy atom.